The Labute approximate surface area is 147 Å². The molecule has 6 nitrogen and oxygen atoms in total. The van der Waals surface area contributed by atoms with E-state index >= 15 is 0 Å². The number of hydrogen-bond acceptors (Lipinski definition) is 5. The van der Waals surface area contributed by atoms with E-state index in [2.05, 4.69) is 20.1 Å². The Kier molecular flexibility index (Phi) is 4.11. The van der Waals surface area contributed by atoms with Gasteiger partial charge < -0.3 is 9.80 Å². The van der Waals surface area contributed by atoms with E-state index in [1.54, 1.807) is 6.20 Å². The van der Waals surface area contributed by atoms with Crippen molar-refractivity contribution < 1.29 is 4.79 Å². The van der Waals surface area contributed by atoms with Crippen molar-refractivity contribution in [3.8, 4) is 0 Å². The minimum Gasteiger partial charge on any atom is -0.354 e. The molecule has 2 saturated heterocycles. The molecule has 2 aromatic heterocycles. The highest BCUT2D eigenvalue weighted by molar-refractivity contribution is 5.85. The van der Waals surface area contributed by atoms with Crippen LogP contribution in [0.5, 0.6) is 0 Å². The van der Waals surface area contributed by atoms with E-state index in [9.17, 15) is 4.79 Å². The Morgan fingerprint density at radius 3 is 2.84 bits per heavy atom. The quantitative estimate of drug-likeness (QED) is 0.859. The number of anilines is 1. The monoisotopic (exact) mass is 337 g/mol. The van der Waals surface area contributed by atoms with Crippen LogP contribution in [-0.4, -0.2) is 45.6 Å². The third-order valence-corrected chi connectivity index (χ3v) is 5.38. The van der Waals surface area contributed by atoms with Crippen molar-refractivity contribution >= 4 is 11.7 Å². The summed E-state index contributed by atoms with van der Waals surface area (Å²) >= 11 is 0. The molecule has 0 aromatic carbocycles. The number of nitrogens with zero attached hydrogens (tertiary/aromatic N) is 5. The van der Waals surface area contributed by atoms with E-state index in [4.69, 9.17) is 0 Å². The normalized spacial score (nSPS) is 23.5. The number of carbonyl (C=O) groups is 1. The molecule has 0 radical (unpaired) electrons. The second kappa shape index (κ2) is 6.43. The molecule has 4 rings (SSSR count). The van der Waals surface area contributed by atoms with Gasteiger partial charge in [-0.1, -0.05) is 6.07 Å². The number of rotatable bonds is 3. The minimum absolute atomic E-state index is 0.271. The van der Waals surface area contributed by atoms with Crippen LogP contribution in [0.15, 0.2) is 36.7 Å². The van der Waals surface area contributed by atoms with Gasteiger partial charge in [-0.2, -0.15) is 5.10 Å². The molecule has 4 heterocycles. The maximum absolute atomic E-state index is 13.2. The summed E-state index contributed by atoms with van der Waals surface area (Å²) < 4.78 is 0. The summed E-state index contributed by atoms with van der Waals surface area (Å²) in [5, 5.41) is 8.48. The van der Waals surface area contributed by atoms with Crippen LogP contribution in [0.25, 0.3) is 0 Å². The number of hydrogen-bond donors (Lipinski definition) is 0. The summed E-state index contributed by atoms with van der Waals surface area (Å²) in [6.07, 6.45) is 6.50. The lowest BCUT2D eigenvalue weighted by Gasteiger charge is -2.39. The van der Waals surface area contributed by atoms with Crippen LogP contribution in [0.1, 0.15) is 30.5 Å². The predicted molar refractivity (Wildman–Crippen MR) is 94.9 cm³/mol. The van der Waals surface area contributed by atoms with Gasteiger partial charge in [-0.05, 0) is 49.9 Å². The van der Waals surface area contributed by atoms with Gasteiger partial charge in [-0.25, -0.2) is 0 Å². The van der Waals surface area contributed by atoms with Crippen molar-refractivity contribution in [2.75, 3.05) is 24.5 Å². The van der Waals surface area contributed by atoms with E-state index in [1.165, 1.54) is 0 Å². The molecule has 0 saturated carbocycles. The van der Waals surface area contributed by atoms with Crippen LogP contribution in [0, 0.1) is 12.3 Å². The summed E-state index contributed by atoms with van der Waals surface area (Å²) in [5.74, 6) is 1.16. The van der Waals surface area contributed by atoms with Crippen molar-refractivity contribution in [1.82, 2.24) is 20.1 Å². The topological polar surface area (TPSA) is 62.2 Å². The van der Waals surface area contributed by atoms with Crippen molar-refractivity contribution in [1.29, 1.82) is 0 Å². The molecule has 2 fully saturated rings. The Hall–Kier alpha value is -2.50. The highest BCUT2D eigenvalue weighted by Crippen LogP contribution is 2.41. The van der Waals surface area contributed by atoms with Crippen LogP contribution in [0.3, 0.4) is 0 Å². The van der Waals surface area contributed by atoms with Gasteiger partial charge in [0.15, 0.2) is 5.82 Å². The first-order valence-electron chi connectivity index (χ1n) is 8.90. The molecular formula is C19H23N5O. The maximum atomic E-state index is 13.2. The molecular weight excluding hydrogens is 314 g/mol. The number of carbonyl (C=O) groups excluding carboxylic acids is 1. The van der Waals surface area contributed by atoms with Crippen LogP contribution in [-0.2, 0) is 11.3 Å². The standard InChI is InChI=1S/C19H23N5O/c1-15-5-6-17(22-21-15)24-10-3-7-19(14-24)8-11-23(18(19)25)13-16-4-2-9-20-12-16/h2,4-6,9,12H,3,7-8,10-11,13-14H2,1H3/t19-/m1/s1. The first kappa shape index (κ1) is 16.0. The predicted octanol–water partition coefficient (Wildman–Crippen LogP) is 2.20. The molecule has 6 heteroatoms. The highest BCUT2D eigenvalue weighted by Gasteiger charge is 2.49. The van der Waals surface area contributed by atoms with Crippen molar-refractivity contribution in [2.24, 2.45) is 5.41 Å². The number of aromatic nitrogens is 3. The Morgan fingerprint density at radius 2 is 2.08 bits per heavy atom. The van der Waals surface area contributed by atoms with Crippen molar-refractivity contribution in [3.63, 3.8) is 0 Å². The second-order valence-electron chi connectivity index (χ2n) is 7.18. The molecule has 1 spiro atoms. The second-order valence-corrected chi connectivity index (χ2v) is 7.18. The lowest BCUT2D eigenvalue weighted by Crippen LogP contribution is -2.48. The van der Waals surface area contributed by atoms with Gasteiger partial charge in [0.05, 0.1) is 11.1 Å². The van der Waals surface area contributed by atoms with E-state index < -0.39 is 0 Å². The molecule has 2 aromatic rings. The zero-order valence-electron chi connectivity index (χ0n) is 14.6. The summed E-state index contributed by atoms with van der Waals surface area (Å²) in [6.45, 7) is 5.09. The smallest absolute Gasteiger partial charge is 0.230 e. The summed E-state index contributed by atoms with van der Waals surface area (Å²) in [4.78, 5) is 21.5. The molecule has 25 heavy (non-hydrogen) atoms. The number of pyridine rings is 1. The molecule has 1 atom stereocenters. The molecule has 0 bridgehead atoms. The summed E-state index contributed by atoms with van der Waals surface area (Å²) in [5.41, 5.74) is 1.73. The number of aryl methyl sites for hydroxylation is 1. The number of piperidine rings is 1. The van der Waals surface area contributed by atoms with Crippen molar-refractivity contribution in [3.05, 3.63) is 47.9 Å². The van der Waals surface area contributed by atoms with Gasteiger partial charge in [0.25, 0.3) is 0 Å². The zero-order valence-corrected chi connectivity index (χ0v) is 14.6. The summed E-state index contributed by atoms with van der Waals surface area (Å²) in [6, 6.07) is 7.94. The zero-order chi connectivity index (χ0) is 17.3. The average Bonchev–Trinajstić information content (AvgIpc) is 2.93. The fraction of sp³-hybridized carbons (Fsp3) is 0.474. The van der Waals surface area contributed by atoms with Gasteiger partial charge in [0, 0.05) is 38.6 Å². The molecule has 2 aliphatic heterocycles. The summed E-state index contributed by atoms with van der Waals surface area (Å²) in [7, 11) is 0. The van der Waals surface area contributed by atoms with Crippen molar-refractivity contribution in [2.45, 2.75) is 32.7 Å². The molecule has 0 unspecified atom stereocenters. The Balaban J connectivity index is 1.49. The number of likely N-dealkylation sites (tertiary alicyclic amines) is 1. The van der Waals surface area contributed by atoms with E-state index in [0.717, 1.165) is 56.0 Å². The molecule has 1 amide bonds. The van der Waals surface area contributed by atoms with E-state index in [1.807, 2.05) is 42.3 Å². The maximum Gasteiger partial charge on any atom is 0.230 e. The molecule has 130 valence electrons. The van der Waals surface area contributed by atoms with Crippen LogP contribution in [0.2, 0.25) is 0 Å². The largest absolute Gasteiger partial charge is 0.354 e. The fourth-order valence-corrected chi connectivity index (χ4v) is 4.02. The highest BCUT2D eigenvalue weighted by atomic mass is 16.2. The van der Waals surface area contributed by atoms with Crippen LogP contribution < -0.4 is 4.90 Å². The van der Waals surface area contributed by atoms with Gasteiger partial charge in [-0.3, -0.25) is 9.78 Å². The SMILES string of the molecule is Cc1ccc(N2CCC[C@@]3(CCN(Cc4cccnc4)C3=O)C2)nn1. The average molecular weight is 337 g/mol. The van der Waals surface area contributed by atoms with Crippen LogP contribution >= 0.6 is 0 Å². The molecule has 0 N–H and O–H groups in total. The van der Waals surface area contributed by atoms with Crippen LogP contribution in [0.4, 0.5) is 5.82 Å². The first-order valence-corrected chi connectivity index (χ1v) is 8.90. The van der Waals surface area contributed by atoms with E-state index in [-0.39, 0.29) is 11.3 Å². The first-order chi connectivity index (χ1) is 12.2. The van der Waals surface area contributed by atoms with Gasteiger partial charge >= 0.3 is 0 Å². The fourth-order valence-electron chi connectivity index (χ4n) is 4.02. The Bertz CT molecular complexity index is 748. The Morgan fingerprint density at radius 1 is 1.16 bits per heavy atom. The molecule has 2 aliphatic rings. The third kappa shape index (κ3) is 3.08. The van der Waals surface area contributed by atoms with E-state index in [0.29, 0.717) is 6.54 Å². The lowest BCUT2D eigenvalue weighted by atomic mass is 9.78. The van der Waals surface area contributed by atoms with Gasteiger partial charge in [-0.15, -0.1) is 5.10 Å². The van der Waals surface area contributed by atoms with Gasteiger partial charge in [0.2, 0.25) is 5.91 Å². The number of amides is 1. The van der Waals surface area contributed by atoms with Gasteiger partial charge in [0.1, 0.15) is 0 Å². The lowest BCUT2D eigenvalue weighted by molar-refractivity contribution is -0.137. The third-order valence-electron chi connectivity index (χ3n) is 5.38. The minimum atomic E-state index is -0.271. The molecule has 0 aliphatic carbocycles.